The molecule has 0 saturated carbocycles. The molecular weight excluding hydrogens is 360 g/mol. The minimum Gasteiger partial charge on any atom is -0.340 e. The van der Waals surface area contributed by atoms with Gasteiger partial charge in [0.25, 0.3) is 0 Å². The number of sulfonamides is 1. The zero-order valence-electron chi connectivity index (χ0n) is 15.8. The van der Waals surface area contributed by atoms with Crippen LogP contribution >= 0.6 is 0 Å². The number of likely N-dealkylation sites (tertiary alicyclic amines) is 1. The van der Waals surface area contributed by atoms with Gasteiger partial charge in [-0.05, 0) is 17.5 Å². The molecule has 0 aromatic heterocycles. The Labute approximate surface area is 161 Å². The van der Waals surface area contributed by atoms with Crippen LogP contribution in [0.4, 0.5) is 0 Å². The highest BCUT2D eigenvalue weighted by Crippen LogP contribution is 2.40. The number of piperidine rings is 1. The van der Waals surface area contributed by atoms with Crippen molar-refractivity contribution >= 4 is 15.9 Å². The molecule has 1 saturated heterocycles. The van der Waals surface area contributed by atoms with Crippen molar-refractivity contribution in [1.82, 2.24) is 9.21 Å². The van der Waals surface area contributed by atoms with Crippen LogP contribution in [0.3, 0.4) is 0 Å². The van der Waals surface area contributed by atoms with Gasteiger partial charge < -0.3 is 4.90 Å². The molecule has 0 radical (unpaired) electrons. The average Bonchev–Trinajstić information content (AvgIpc) is 2.68. The molecule has 1 fully saturated rings. The highest BCUT2D eigenvalue weighted by molar-refractivity contribution is 7.88. The summed E-state index contributed by atoms with van der Waals surface area (Å²) in [5.74, 6) is 0.0828. The van der Waals surface area contributed by atoms with E-state index in [0.717, 1.165) is 6.42 Å². The number of carbonyl (C=O) groups excluding carboxylic acids is 1. The Morgan fingerprint density at radius 3 is 2.00 bits per heavy atom. The highest BCUT2D eigenvalue weighted by Gasteiger charge is 2.41. The fourth-order valence-electron chi connectivity index (χ4n) is 3.75. The Balaban J connectivity index is 1.92. The van der Waals surface area contributed by atoms with Crippen LogP contribution in [0.25, 0.3) is 0 Å². The molecule has 1 aliphatic heterocycles. The molecule has 2 aromatic rings. The monoisotopic (exact) mass is 386 g/mol. The molecule has 1 heterocycles. The van der Waals surface area contributed by atoms with Gasteiger partial charge in [-0.25, -0.2) is 12.7 Å². The molecule has 0 atom stereocenters. The molecule has 6 heteroatoms. The molecule has 1 aliphatic rings. The van der Waals surface area contributed by atoms with Crippen LogP contribution < -0.4 is 0 Å². The molecule has 0 spiro atoms. The van der Waals surface area contributed by atoms with Crippen molar-refractivity contribution in [2.45, 2.75) is 18.3 Å². The highest BCUT2D eigenvalue weighted by atomic mass is 32.2. The second-order valence-electron chi connectivity index (χ2n) is 7.21. The van der Waals surface area contributed by atoms with Crippen molar-refractivity contribution in [2.24, 2.45) is 0 Å². The maximum absolute atomic E-state index is 12.6. The van der Waals surface area contributed by atoms with Gasteiger partial charge in [-0.1, -0.05) is 60.7 Å². The molecule has 0 unspecified atom stereocenters. The quantitative estimate of drug-likeness (QED) is 0.766. The Morgan fingerprint density at radius 1 is 1.00 bits per heavy atom. The number of likely N-dealkylation sites (N-methyl/N-ethyl adjacent to an activating group) is 1. The van der Waals surface area contributed by atoms with Gasteiger partial charge in [0.15, 0.2) is 0 Å². The lowest BCUT2D eigenvalue weighted by Crippen LogP contribution is -2.51. The first kappa shape index (κ1) is 19.6. The summed E-state index contributed by atoms with van der Waals surface area (Å²) in [6, 6.07) is 20.6. The second-order valence-corrected chi connectivity index (χ2v) is 9.30. The van der Waals surface area contributed by atoms with Crippen molar-refractivity contribution < 1.29 is 13.2 Å². The summed E-state index contributed by atoms with van der Waals surface area (Å²) in [5.41, 5.74) is 2.09. The van der Waals surface area contributed by atoms with E-state index < -0.39 is 10.0 Å². The second kappa shape index (κ2) is 7.82. The number of hydrogen-bond donors (Lipinski definition) is 0. The summed E-state index contributed by atoms with van der Waals surface area (Å²) in [6.45, 7) is 1.24. The van der Waals surface area contributed by atoms with Gasteiger partial charge >= 0.3 is 0 Å². The lowest BCUT2D eigenvalue weighted by atomic mass is 9.69. The zero-order chi connectivity index (χ0) is 19.5. The molecule has 1 amide bonds. The van der Waals surface area contributed by atoms with E-state index in [1.54, 1.807) is 7.05 Å². The normalized spacial score (nSPS) is 17.3. The maximum Gasteiger partial charge on any atom is 0.222 e. The van der Waals surface area contributed by atoms with Crippen molar-refractivity contribution in [3.05, 3.63) is 71.8 Å². The smallest absolute Gasteiger partial charge is 0.222 e. The molecule has 144 valence electrons. The molecule has 0 aliphatic carbocycles. The van der Waals surface area contributed by atoms with E-state index in [4.69, 9.17) is 0 Å². The van der Waals surface area contributed by atoms with Gasteiger partial charge in [-0.3, -0.25) is 4.79 Å². The minimum atomic E-state index is -3.26. The van der Waals surface area contributed by atoms with Gasteiger partial charge in [-0.2, -0.15) is 0 Å². The van der Waals surface area contributed by atoms with Crippen LogP contribution in [0.5, 0.6) is 0 Å². The molecule has 27 heavy (non-hydrogen) atoms. The first-order chi connectivity index (χ1) is 12.8. The minimum absolute atomic E-state index is 0.0828. The van der Waals surface area contributed by atoms with Crippen LogP contribution in [0, 0.1) is 0 Å². The van der Waals surface area contributed by atoms with Gasteiger partial charge in [0.2, 0.25) is 15.9 Å². The molecule has 0 N–H and O–H groups in total. The number of benzene rings is 2. The molecule has 5 nitrogen and oxygen atoms in total. The van der Waals surface area contributed by atoms with Gasteiger partial charge in [0.05, 0.1) is 6.26 Å². The van der Waals surface area contributed by atoms with E-state index in [2.05, 4.69) is 24.3 Å². The molecule has 0 bridgehead atoms. The van der Waals surface area contributed by atoms with Gasteiger partial charge in [0.1, 0.15) is 0 Å². The van der Waals surface area contributed by atoms with Crippen LogP contribution in [-0.2, 0) is 20.2 Å². The van der Waals surface area contributed by atoms with E-state index in [1.165, 1.54) is 21.7 Å². The largest absolute Gasteiger partial charge is 0.340 e. The Morgan fingerprint density at radius 2 is 1.52 bits per heavy atom. The van der Waals surface area contributed by atoms with E-state index in [1.807, 2.05) is 41.3 Å². The number of carbonyl (C=O) groups is 1. The summed E-state index contributed by atoms with van der Waals surface area (Å²) in [5, 5.41) is 0. The van der Waals surface area contributed by atoms with Crippen LogP contribution in [0.1, 0.15) is 24.0 Å². The van der Waals surface area contributed by atoms with Crippen molar-refractivity contribution in [1.29, 1.82) is 0 Å². The van der Waals surface area contributed by atoms with E-state index in [9.17, 15) is 13.2 Å². The molecule has 3 rings (SSSR count). The van der Waals surface area contributed by atoms with E-state index >= 15 is 0 Å². The third kappa shape index (κ3) is 4.22. The fourth-order valence-corrected chi connectivity index (χ4v) is 4.17. The van der Waals surface area contributed by atoms with Crippen LogP contribution in [-0.4, -0.2) is 56.5 Å². The lowest BCUT2D eigenvalue weighted by molar-refractivity contribution is -0.135. The van der Waals surface area contributed by atoms with Crippen molar-refractivity contribution in [3.8, 4) is 0 Å². The Kier molecular flexibility index (Phi) is 5.67. The topological polar surface area (TPSA) is 57.7 Å². The SMILES string of the molecule is CN(CCN1CC(c2ccccc2)(c2ccccc2)CCC1=O)S(C)(=O)=O. The van der Waals surface area contributed by atoms with Crippen LogP contribution in [0.2, 0.25) is 0 Å². The number of rotatable bonds is 6. The van der Waals surface area contributed by atoms with Crippen molar-refractivity contribution in [2.75, 3.05) is 32.9 Å². The Bertz CT molecular complexity index is 843. The van der Waals surface area contributed by atoms with E-state index in [0.29, 0.717) is 26.1 Å². The number of hydrogen-bond acceptors (Lipinski definition) is 3. The number of amides is 1. The van der Waals surface area contributed by atoms with Crippen molar-refractivity contribution in [3.63, 3.8) is 0 Å². The predicted molar refractivity (Wildman–Crippen MR) is 107 cm³/mol. The Hall–Kier alpha value is -2.18. The summed E-state index contributed by atoms with van der Waals surface area (Å²) >= 11 is 0. The molecular formula is C21H26N2O3S. The fraction of sp³-hybridized carbons (Fsp3) is 0.381. The summed E-state index contributed by atoms with van der Waals surface area (Å²) in [7, 11) is -1.71. The number of nitrogens with zero attached hydrogens (tertiary/aromatic N) is 2. The maximum atomic E-state index is 12.6. The third-order valence-corrected chi connectivity index (χ3v) is 6.80. The van der Waals surface area contributed by atoms with Gasteiger partial charge in [0, 0.05) is 38.5 Å². The van der Waals surface area contributed by atoms with E-state index in [-0.39, 0.29) is 11.3 Å². The van der Waals surface area contributed by atoms with Gasteiger partial charge in [-0.15, -0.1) is 0 Å². The predicted octanol–water partition coefficient (Wildman–Crippen LogP) is 2.49. The standard InChI is InChI=1S/C21H26N2O3S/c1-22(27(2,25)26)15-16-23-17-21(14-13-20(23)24,18-9-5-3-6-10-18)19-11-7-4-8-12-19/h3-12H,13-17H2,1-2H3. The van der Waals surface area contributed by atoms with Crippen LogP contribution in [0.15, 0.2) is 60.7 Å². The third-order valence-electron chi connectivity index (χ3n) is 5.48. The lowest BCUT2D eigenvalue weighted by Gasteiger charge is -2.44. The first-order valence-corrected chi connectivity index (χ1v) is 11.0. The zero-order valence-corrected chi connectivity index (χ0v) is 16.7. The average molecular weight is 387 g/mol. The first-order valence-electron chi connectivity index (χ1n) is 9.13. The summed E-state index contributed by atoms with van der Waals surface area (Å²) in [4.78, 5) is 14.4. The summed E-state index contributed by atoms with van der Waals surface area (Å²) < 4.78 is 24.6. The summed E-state index contributed by atoms with van der Waals surface area (Å²) in [6.07, 6.45) is 2.38. The molecule has 2 aromatic carbocycles.